The van der Waals surface area contributed by atoms with Gasteiger partial charge in [-0.25, -0.2) is 13.4 Å². The van der Waals surface area contributed by atoms with Gasteiger partial charge in [-0.3, -0.25) is 9.52 Å². The molecule has 0 spiro atoms. The highest BCUT2D eigenvalue weighted by Gasteiger charge is 2.18. The van der Waals surface area contributed by atoms with Crippen LogP contribution in [0.1, 0.15) is 54.1 Å². The largest absolute Gasteiger partial charge is 0.438 e. The summed E-state index contributed by atoms with van der Waals surface area (Å²) in [5.41, 5.74) is 3.11. The van der Waals surface area contributed by atoms with Crippen LogP contribution in [0.3, 0.4) is 0 Å². The van der Waals surface area contributed by atoms with Gasteiger partial charge in [-0.15, -0.1) is 0 Å². The number of aryl methyl sites for hydroxylation is 2. The average molecular weight is 480 g/mol. The zero-order valence-corrected chi connectivity index (χ0v) is 20.0. The Kier molecular flexibility index (Phi) is 7.47. The van der Waals surface area contributed by atoms with Crippen molar-refractivity contribution in [3.05, 3.63) is 77.5 Å². The Morgan fingerprint density at radius 3 is 2.56 bits per heavy atom. The highest BCUT2D eigenvalue weighted by atomic mass is 32.2. The topological polar surface area (TPSA) is 97.4 Å². The van der Waals surface area contributed by atoms with Crippen molar-refractivity contribution in [3.63, 3.8) is 0 Å². The molecule has 2 aromatic carbocycles. The number of nitrogens with zero attached hydrogens (tertiary/aromatic N) is 1. The van der Waals surface area contributed by atoms with E-state index >= 15 is 0 Å². The molecule has 8 heteroatoms. The molecule has 0 saturated carbocycles. The average Bonchev–Trinajstić information content (AvgIpc) is 2.85. The van der Waals surface area contributed by atoms with Gasteiger partial charge in [0.15, 0.2) is 0 Å². The van der Waals surface area contributed by atoms with Gasteiger partial charge in [0.2, 0.25) is 5.88 Å². The van der Waals surface area contributed by atoms with Crippen LogP contribution in [0.25, 0.3) is 0 Å². The molecule has 4 rings (SSSR count). The summed E-state index contributed by atoms with van der Waals surface area (Å²) in [6.45, 7) is 2.64. The molecule has 1 aliphatic rings. The number of benzene rings is 2. The molecule has 0 atom stereocenters. The van der Waals surface area contributed by atoms with Gasteiger partial charge in [0.1, 0.15) is 11.3 Å². The highest BCUT2D eigenvalue weighted by Crippen LogP contribution is 2.27. The second-order valence-corrected chi connectivity index (χ2v) is 10.0. The number of hydrogen-bond acceptors (Lipinski definition) is 5. The fourth-order valence-electron chi connectivity index (χ4n) is 3.91. The monoisotopic (exact) mass is 479 g/mol. The lowest BCUT2D eigenvalue weighted by Gasteiger charge is -2.17. The van der Waals surface area contributed by atoms with Gasteiger partial charge in [-0.2, -0.15) is 0 Å². The number of rotatable bonds is 9. The lowest BCUT2D eigenvalue weighted by Crippen LogP contribution is -2.24. The Hall–Kier alpha value is -3.39. The molecule has 0 aliphatic heterocycles. The first-order valence-electron chi connectivity index (χ1n) is 11.6. The quantitative estimate of drug-likeness (QED) is 0.417. The second kappa shape index (κ2) is 10.7. The number of nitrogens with one attached hydrogen (secondary N) is 2. The van der Waals surface area contributed by atoms with E-state index in [4.69, 9.17) is 4.74 Å². The summed E-state index contributed by atoms with van der Waals surface area (Å²) in [5.74, 6) is 0.392. The van der Waals surface area contributed by atoms with E-state index < -0.39 is 10.0 Å². The number of carbonyl (C=O) groups is 1. The SMILES string of the molecule is CCCCNC(=O)c1cccnc1Oc1ccc(NS(=O)(=O)c2ccc3c(c2)CCCC3)cc1. The Labute approximate surface area is 200 Å². The molecule has 1 heterocycles. The normalized spacial score (nSPS) is 13.1. The van der Waals surface area contributed by atoms with Gasteiger partial charge >= 0.3 is 0 Å². The maximum absolute atomic E-state index is 12.9. The molecule has 0 unspecified atom stereocenters. The van der Waals surface area contributed by atoms with Crippen LogP contribution in [0.15, 0.2) is 65.7 Å². The van der Waals surface area contributed by atoms with Crippen LogP contribution in [0.4, 0.5) is 5.69 Å². The minimum absolute atomic E-state index is 0.193. The van der Waals surface area contributed by atoms with E-state index in [-0.39, 0.29) is 16.7 Å². The summed E-state index contributed by atoms with van der Waals surface area (Å²) in [7, 11) is -3.70. The lowest BCUT2D eigenvalue weighted by atomic mass is 9.92. The first-order valence-corrected chi connectivity index (χ1v) is 13.1. The first kappa shape index (κ1) is 23.8. The molecule has 0 saturated heterocycles. The predicted octanol–water partition coefficient (Wildman–Crippen LogP) is 5.08. The predicted molar refractivity (Wildman–Crippen MR) is 132 cm³/mol. The fraction of sp³-hybridized carbons (Fsp3) is 0.308. The van der Waals surface area contributed by atoms with Crippen LogP contribution < -0.4 is 14.8 Å². The van der Waals surface area contributed by atoms with Crippen molar-refractivity contribution in [2.75, 3.05) is 11.3 Å². The number of unbranched alkanes of at least 4 members (excludes halogenated alkanes) is 1. The summed E-state index contributed by atoms with van der Waals surface area (Å²) in [6, 6.07) is 15.2. The number of pyridine rings is 1. The van der Waals surface area contributed by atoms with Crippen LogP contribution in [0, 0.1) is 0 Å². The number of fused-ring (bicyclic) bond motifs is 1. The Morgan fingerprint density at radius 2 is 1.79 bits per heavy atom. The first-order chi connectivity index (χ1) is 16.5. The number of hydrogen-bond donors (Lipinski definition) is 2. The van der Waals surface area contributed by atoms with Gasteiger partial charge in [0.25, 0.3) is 15.9 Å². The molecule has 34 heavy (non-hydrogen) atoms. The highest BCUT2D eigenvalue weighted by molar-refractivity contribution is 7.92. The minimum atomic E-state index is -3.70. The Bertz CT molecular complexity index is 1260. The number of carbonyl (C=O) groups excluding carboxylic acids is 1. The maximum Gasteiger partial charge on any atom is 0.261 e. The molecular weight excluding hydrogens is 450 g/mol. The van der Waals surface area contributed by atoms with E-state index in [1.165, 1.54) is 5.56 Å². The van der Waals surface area contributed by atoms with E-state index in [1.807, 2.05) is 6.07 Å². The van der Waals surface area contributed by atoms with Crippen molar-refractivity contribution in [2.45, 2.75) is 50.3 Å². The van der Waals surface area contributed by atoms with Crippen LogP contribution in [-0.4, -0.2) is 25.9 Å². The third-order valence-electron chi connectivity index (χ3n) is 5.78. The second-order valence-electron chi connectivity index (χ2n) is 8.34. The fourth-order valence-corrected chi connectivity index (χ4v) is 5.02. The lowest BCUT2D eigenvalue weighted by molar-refractivity contribution is 0.0950. The van der Waals surface area contributed by atoms with E-state index in [1.54, 1.807) is 54.7 Å². The number of ether oxygens (including phenoxy) is 1. The van der Waals surface area contributed by atoms with Crippen molar-refractivity contribution in [1.82, 2.24) is 10.3 Å². The van der Waals surface area contributed by atoms with Crippen molar-refractivity contribution in [1.29, 1.82) is 0 Å². The summed E-state index contributed by atoms with van der Waals surface area (Å²) in [4.78, 5) is 16.9. The number of anilines is 1. The molecule has 2 N–H and O–H groups in total. The van der Waals surface area contributed by atoms with Crippen molar-refractivity contribution >= 4 is 21.6 Å². The molecule has 7 nitrogen and oxygen atoms in total. The maximum atomic E-state index is 12.9. The minimum Gasteiger partial charge on any atom is -0.438 e. The van der Waals surface area contributed by atoms with Crippen LogP contribution in [-0.2, 0) is 22.9 Å². The van der Waals surface area contributed by atoms with Crippen LogP contribution >= 0.6 is 0 Å². The number of sulfonamides is 1. The molecule has 0 bridgehead atoms. The number of amides is 1. The van der Waals surface area contributed by atoms with Crippen molar-refractivity contribution in [2.24, 2.45) is 0 Å². The van der Waals surface area contributed by atoms with E-state index in [0.29, 0.717) is 23.5 Å². The molecule has 3 aromatic rings. The van der Waals surface area contributed by atoms with Gasteiger partial charge in [-0.1, -0.05) is 19.4 Å². The molecular formula is C26H29N3O4S. The van der Waals surface area contributed by atoms with Gasteiger partial charge in [-0.05, 0) is 91.8 Å². The molecule has 178 valence electrons. The Balaban J connectivity index is 1.44. The third kappa shape index (κ3) is 5.75. The van der Waals surface area contributed by atoms with Crippen LogP contribution in [0.5, 0.6) is 11.6 Å². The summed E-state index contributed by atoms with van der Waals surface area (Å²) in [6.07, 6.45) is 7.59. The Morgan fingerprint density at radius 1 is 1.03 bits per heavy atom. The van der Waals surface area contributed by atoms with Gasteiger partial charge in [0, 0.05) is 18.4 Å². The zero-order valence-electron chi connectivity index (χ0n) is 19.2. The van der Waals surface area contributed by atoms with Crippen molar-refractivity contribution in [3.8, 4) is 11.6 Å². The van der Waals surface area contributed by atoms with Crippen LogP contribution in [0.2, 0.25) is 0 Å². The van der Waals surface area contributed by atoms with E-state index in [9.17, 15) is 13.2 Å². The van der Waals surface area contributed by atoms with Gasteiger partial charge < -0.3 is 10.1 Å². The van der Waals surface area contributed by atoms with Crippen molar-refractivity contribution < 1.29 is 17.9 Å². The molecule has 0 fully saturated rings. The zero-order chi connectivity index (χ0) is 24.0. The summed E-state index contributed by atoms with van der Waals surface area (Å²) < 4.78 is 34.2. The van der Waals surface area contributed by atoms with Gasteiger partial charge in [0.05, 0.1) is 4.90 Å². The molecule has 1 aromatic heterocycles. The van der Waals surface area contributed by atoms with E-state index in [0.717, 1.165) is 44.1 Å². The standard InChI is InChI=1S/C26H29N3O4S/c1-2-3-16-27-25(30)24-9-6-17-28-26(24)33-22-13-11-21(12-14-22)29-34(31,32)23-15-10-19-7-4-5-8-20(19)18-23/h6,9-15,17-18,29H,2-5,7-8,16H2,1H3,(H,27,30). The van der Waals surface area contributed by atoms with E-state index in [2.05, 4.69) is 21.9 Å². The molecule has 1 aliphatic carbocycles. The smallest absolute Gasteiger partial charge is 0.261 e. The summed E-state index contributed by atoms with van der Waals surface area (Å²) in [5, 5.41) is 2.86. The summed E-state index contributed by atoms with van der Waals surface area (Å²) >= 11 is 0. The molecule has 0 radical (unpaired) electrons. The number of aromatic nitrogens is 1. The third-order valence-corrected chi connectivity index (χ3v) is 7.16. The molecule has 1 amide bonds.